The summed E-state index contributed by atoms with van der Waals surface area (Å²) in [6, 6.07) is 78.7. The van der Waals surface area contributed by atoms with E-state index in [1.807, 2.05) is 108 Å². The van der Waals surface area contributed by atoms with E-state index in [2.05, 4.69) is 208 Å². The summed E-state index contributed by atoms with van der Waals surface area (Å²) in [6.07, 6.45) is 2.50. The minimum Gasteiger partial charge on any atom is -0.399 e. The van der Waals surface area contributed by atoms with Crippen LogP contribution >= 0.6 is 0 Å². The lowest BCUT2D eigenvalue weighted by Gasteiger charge is -2.26. The quantitative estimate of drug-likeness (QED) is 0.144. The van der Waals surface area contributed by atoms with E-state index in [9.17, 15) is 0 Å². The summed E-state index contributed by atoms with van der Waals surface area (Å²) in [5.41, 5.74) is 26.9. The molecule has 5 N–H and O–H groups in total. The number of aromatic nitrogens is 3. The van der Waals surface area contributed by atoms with Crippen molar-refractivity contribution in [1.29, 1.82) is 0 Å². The molecular weight excluding hydrogens is 913 g/mol. The number of hydrogen-bond donors (Lipinski definition) is 3. The number of H-pyrrole nitrogens is 1. The first-order valence-electron chi connectivity index (χ1n) is 26.8. The maximum Gasteiger partial charge on any atom is 0.0973 e. The summed E-state index contributed by atoms with van der Waals surface area (Å²) >= 11 is 0. The second kappa shape index (κ2) is 32.6. The molecule has 0 aliphatic heterocycles. The fourth-order valence-corrected chi connectivity index (χ4v) is 7.65. The molecule has 0 unspecified atom stereocenters. The van der Waals surface area contributed by atoms with E-state index in [0.717, 1.165) is 84.1 Å². The number of fused-ring (bicyclic) bond motifs is 4. The zero-order valence-electron chi connectivity index (χ0n) is 46.3. The molecule has 0 radical (unpaired) electrons. The molecule has 11 rings (SSSR count). The molecule has 75 heavy (non-hydrogen) atoms. The first-order chi connectivity index (χ1) is 36.8. The Morgan fingerprint density at radius 2 is 0.760 bits per heavy atom. The highest BCUT2D eigenvalue weighted by atomic mass is 15.1. The predicted octanol–water partition coefficient (Wildman–Crippen LogP) is 20.5. The lowest BCUT2D eigenvalue weighted by atomic mass is 10.0. The zero-order chi connectivity index (χ0) is 54.4. The number of nitrogens with one attached hydrogen (secondary N) is 1. The Hall–Kier alpha value is -8.48. The van der Waals surface area contributed by atoms with Crippen LogP contribution in [-0.2, 0) is 0 Å². The minimum absolute atomic E-state index is 0.822. The lowest BCUT2D eigenvalue weighted by molar-refractivity contribution is 1.09. The summed E-state index contributed by atoms with van der Waals surface area (Å²) in [4.78, 5) is 16.4. The summed E-state index contributed by atoms with van der Waals surface area (Å²) in [5, 5.41) is 2.42. The maximum atomic E-state index is 5.36. The standard InChI is InChI=1S/C45H32N4.2C6H7N.2C3H8.3C2H6/c1-30-16-18-32(19-17-30)45-44(47-42-26-22-34(28-43(42)48-45)31-10-4-2-5-11-31)33-20-23-36(24-21-33)49(35-12-6-3-7-13-35)37-25-27-41-39(29-37)38-14-8-9-15-40(38)46-41;2*7-6-4-2-1-3-5-6;2*1-3-2;3*1-2/h2-29,46H,1H3;2*1-5H,7H2;2*3H2,1-2H3;3*1-2H3. The molecule has 2 aromatic heterocycles. The smallest absolute Gasteiger partial charge is 0.0973 e. The molecule has 0 saturated heterocycles. The van der Waals surface area contributed by atoms with E-state index in [4.69, 9.17) is 21.4 Å². The third-order valence-electron chi connectivity index (χ3n) is 10.9. The van der Waals surface area contributed by atoms with E-state index in [0.29, 0.717) is 0 Å². The van der Waals surface area contributed by atoms with Crippen molar-refractivity contribution in [1.82, 2.24) is 15.0 Å². The van der Waals surface area contributed by atoms with E-state index in [1.54, 1.807) is 0 Å². The number of hydrogen-bond acceptors (Lipinski definition) is 5. The summed E-state index contributed by atoms with van der Waals surface area (Å²) in [7, 11) is 0. The molecule has 0 saturated carbocycles. The number of benzene rings is 9. The molecule has 0 atom stereocenters. The largest absolute Gasteiger partial charge is 0.399 e. The van der Waals surface area contributed by atoms with E-state index in [-0.39, 0.29) is 0 Å². The van der Waals surface area contributed by atoms with Crippen molar-refractivity contribution in [3.63, 3.8) is 0 Å². The van der Waals surface area contributed by atoms with Gasteiger partial charge in [0.2, 0.25) is 0 Å². The van der Waals surface area contributed by atoms with Crippen LogP contribution in [0.2, 0.25) is 0 Å². The van der Waals surface area contributed by atoms with Gasteiger partial charge in [-0.3, -0.25) is 0 Å². The molecule has 0 aliphatic rings. The molecular formula is C69H80N6. The van der Waals surface area contributed by atoms with Crippen molar-refractivity contribution in [2.24, 2.45) is 0 Å². The van der Waals surface area contributed by atoms with Gasteiger partial charge < -0.3 is 21.4 Å². The summed E-state index contributed by atoms with van der Waals surface area (Å²) < 4.78 is 0. The van der Waals surface area contributed by atoms with Crippen LogP contribution in [0.15, 0.2) is 231 Å². The van der Waals surface area contributed by atoms with Gasteiger partial charge in [-0.05, 0) is 103 Å². The number of anilines is 5. The Morgan fingerprint density at radius 3 is 1.27 bits per heavy atom. The van der Waals surface area contributed by atoms with Gasteiger partial charge in [0.05, 0.1) is 22.4 Å². The van der Waals surface area contributed by atoms with Gasteiger partial charge in [0, 0.05) is 61.4 Å². The number of rotatable bonds is 6. The Bertz CT molecular complexity index is 3220. The monoisotopic (exact) mass is 993 g/mol. The highest BCUT2D eigenvalue weighted by molar-refractivity contribution is 6.08. The Labute approximate surface area is 449 Å². The van der Waals surface area contributed by atoms with Crippen molar-refractivity contribution in [2.45, 2.75) is 89.0 Å². The molecule has 0 bridgehead atoms. The third-order valence-corrected chi connectivity index (χ3v) is 10.9. The van der Waals surface area contributed by atoms with Crippen molar-refractivity contribution in [2.75, 3.05) is 16.4 Å². The number of para-hydroxylation sites is 4. The van der Waals surface area contributed by atoms with Gasteiger partial charge >= 0.3 is 0 Å². The van der Waals surface area contributed by atoms with Crippen LogP contribution in [0, 0.1) is 6.92 Å². The van der Waals surface area contributed by atoms with Crippen LogP contribution < -0.4 is 16.4 Å². The molecule has 6 nitrogen and oxygen atoms in total. The van der Waals surface area contributed by atoms with Gasteiger partial charge in [-0.15, -0.1) is 0 Å². The van der Waals surface area contributed by atoms with Gasteiger partial charge in [-0.2, -0.15) is 0 Å². The fourth-order valence-electron chi connectivity index (χ4n) is 7.65. The van der Waals surface area contributed by atoms with Gasteiger partial charge in [0.25, 0.3) is 0 Å². The van der Waals surface area contributed by atoms with Crippen molar-refractivity contribution in [3.05, 3.63) is 236 Å². The molecule has 0 aliphatic carbocycles. The normalized spacial score (nSPS) is 9.75. The second-order valence-corrected chi connectivity index (χ2v) is 16.7. The van der Waals surface area contributed by atoms with Crippen LogP contribution in [0.3, 0.4) is 0 Å². The molecule has 0 fully saturated rings. The molecule has 9 aromatic carbocycles. The van der Waals surface area contributed by atoms with Crippen molar-refractivity contribution < 1.29 is 0 Å². The molecule has 386 valence electrons. The van der Waals surface area contributed by atoms with Gasteiger partial charge in [-0.1, -0.05) is 233 Å². The van der Waals surface area contributed by atoms with Crippen LogP contribution in [0.1, 0.15) is 87.6 Å². The summed E-state index contributed by atoms with van der Waals surface area (Å²) in [6.45, 7) is 22.6. The van der Waals surface area contributed by atoms with Gasteiger partial charge in [0.15, 0.2) is 0 Å². The average molecular weight is 993 g/mol. The third kappa shape index (κ3) is 17.0. The molecule has 6 heteroatoms. The maximum absolute atomic E-state index is 5.36. The number of nitrogen functional groups attached to an aromatic ring is 2. The highest BCUT2D eigenvalue weighted by Crippen LogP contribution is 2.39. The fraction of sp³-hybridized carbons (Fsp3) is 0.188. The first kappa shape index (κ1) is 59.1. The second-order valence-electron chi connectivity index (χ2n) is 16.7. The van der Waals surface area contributed by atoms with Crippen molar-refractivity contribution in [3.8, 4) is 33.6 Å². The van der Waals surface area contributed by atoms with Crippen LogP contribution in [0.5, 0.6) is 0 Å². The van der Waals surface area contributed by atoms with Gasteiger partial charge in [0.1, 0.15) is 0 Å². The highest BCUT2D eigenvalue weighted by Gasteiger charge is 2.18. The number of aromatic amines is 1. The van der Waals surface area contributed by atoms with Crippen molar-refractivity contribution >= 4 is 61.3 Å². The lowest BCUT2D eigenvalue weighted by Crippen LogP contribution is -2.09. The van der Waals surface area contributed by atoms with E-state index in [1.165, 1.54) is 29.2 Å². The van der Waals surface area contributed by atoms with Gasteiger partial charge in [-0.25, -0.2) is 9.97 Å². The first-order valence-corrected chi connectivity index (χ1v) is 26.8. The molecule has 0 amide bonds. The Balaban J connectivity index is 0.000000389. The zero-order valence-corrected chi connectivity index (χ0v) is 46.3. The molecule has 11 aromatic rings. The SMILES string of the molecule is CC.CC.CC.CCC.CCC.Cc1ccc(-c2nc3cc(-c4ccccc4)ccc3nc2-c2ccc(N(c3ccccc3)c3ccc4[nH]c5ccccc5c4c3)cc2)cc1.Nc1ccccc1.Nc1ccccc1. The van der Waals surface area contributed by atoms with Crippen LogP contribution in [-0.4, -0.2) is 15.0 Å². The topological polar surface area (TPSA) is 96.8 Å². The predicted molar refractivity (Wildman–Crippen MR) is 332 cm³/mol. The number of nitrogens with zero attached hydrogens (tertiary/aromatic N) is 3. The molecule has 2 heterocycles. The Kier molecular flexibility index (Phi) is 25.7. The minimum atomic E-state index is 0.822. The number of aryl methyl sites for hydroxylation is 1. The number of nitrogens with two attached hydrogens (primary N) is 2. The van der Waals surface area contributed by atoms with Crippen LogP contribution in [0.25, 0.3) is 66.5 Å². The van der Waals surface area contributed by atoms with Crippen LogP contribution in [0.4, 0.5) is 28.4 Å². The van der Waals surface area contributed by atoms with E-state index >= 15 is 0 Å². The molecule has 0 spiro atoms. The summed E-state index contributed by atoms with van der Waals surface area (Å²) in [5.74, 6) is 0. The van der Waals surface area contributed by atoms with E-state index < -0.39 is 0 Å². The average Bonchev–Trinajstić information content (AvgIpc) is 3.84. The Morgan fingerprint density at radius 1 is 0.360 bits per heavy atom.